The quantitative estimate of drug-likeness (QED) is 0.611. The SMILES string of the molecule is CCN1C(=O)N(C)c2cnc(Nc3ccc(C(=O)NC4CCN(C)CC4)c(F)c3)nc2N1C1CCCC1. The molecule has 3 aliphatic rings. The highest BCUT2D eigenvalue weighted by atomic mass is 19.1. The molecule has 198 valence electrons. The van der Waals surface area contributed by atoms with E-state index in [9.17, 15) is 14.0 Å². The molecule has 2 fully saturated rings. The van der Waals surface area contributed by atoms with Crippen LogP contribution in [-0.2, 0) is 0 Å². The maximum absolute atomic E-state index is 14.9. The van der Waals surface area contributed by atoms with E-state index in [1.54, 1.807) is 29.2 Å². The summed E-state index contributed by atoms with van der Waals surface area (Å²) in [6.07, 6.45) is 7.55. The second-order valence-corrected chi connectivity index (χ2v) is 10.1. The fourth-order valence-electron chi connectivity index (χ4n) is 5.44. The molecule has 37 heavy (non-hydrogen) atoms. The van der Waals surface area contributed by atoms with E-state index >= 15 is 0 Å². The van der Waals surface area contributed by atoms with Gasteiger partial charge in [-0.25, -0.2) is 19.2 Å². The Morgan fingerprint density at radius 3 is 2.54 bits per heavy atom. The number of hydrogen-bond acceptors (Lipinski definition) is 7. The number of rotatable bonds is 6. The Kier molecular flexibility index (Phi) is 7.14. The average Bonchev–Trinajstić information content (AvgIpc) is 3.42. The van der Waals surface area contributed by atoms with Gasteiger partial charge in [-0.15, -0.1) is 0 Å². The minimum atomic E-state index is -0.608. The van der Waals surface area contributed by atoms with Gasteiger partial charge in [-0.3, -0.25) is 14.7 Å². The molecule has 1 aromatic heterocycles. The van der Waals surface area contributed by atoms with Crippen LogP contribution in [0.1, 0.15) is 55.8 Å². The number of likely N-dealkylation sites (tertiary alicyclic amines) is 1. The molecular formula is C26H35FN8O2. The molecule has 0 unspecified atom stereocenters. The molecule has 3 amide bonds. The molecule has 0 bridgehead atoms. The monoisotopic (exact) mass is 510 g/mol. The van der Waals surface area contributed by atoms with E-state index in [1.165, 1.54) is 12.1 Å². The number of amides is 3. The van der Waals surface area contributed by atoms with Gasteiger partial charge >= 0.3 is 6.03 Å². The first-order chi connectivity index (χ1) is 17.9. The maximum Gasteiger partial charge on any atom is 0.343 e. The van der Waals surface area contributed by atoms with Crippen LogP contribution in [0.25, 0.3) is 0 Å². The van der Waals surface area contributed by atoms with E-state index in [1.807, 2.05) is 11.9 Å². The van der Waals surface area contributed by atoms with E-state index in [4.69, 9.17) is 4.98 Å². The molecule has 1 aromatic carbocycles. The minimum absolute atomic E-state index is 0.0157. The van der Waals surface area contributed by atoms with Crippen molar-refractivity contribution in [3.63, 3.8) is 0 Å². The van der Waals surface area contributed by atoms with E-state index in [0.29, 0.717) is 29.7 Å². The van der Waals surface area contributed by atoms with Crippen molar-refractivity contribution >= 4 is 35.1 Å². The number of benzene rings is 1. The average molecular weight is 511 g/mol. The Morgan fingerprint density at radius 2 is 1.86 bits per heavy atom. The van der Waals surface area contributed by atoms with Gasteiger partial charge in [0.05, 0.1) is 17.8 Å². The number of fused-ring (bicyclic) bond motifs is 1. The van der Waals surface area contributed by atoms with Crippen molar-refractivity contribution in [1.82, 2.24) is 25.2 Å². The number of urea groups is 1. The standard InChI is InChI=1S/C26H35FN8O2/c1-4-34-26(37)33(3)22-16-28-25(31-23(22)35(34)19-7-5-6-8-19)30-18-9-10-20(21(27)15-18)24(36)29-17-11-13-32(2)14-12-17/h9-10,15-17,19H,4-8,11-14H2,1-3H3,(H,29,36)(H,28,30,31). The zero-order valence-corrected chi connectivity index (χ0v) is 21.7. The van der Waals surface area contributed by atoms with Crippen LogP contribution in [0, 0.1) is 5.82 Å². The Balaban J connectivity index is 1.35. The summed E-state index contributed by atoms with van der Waals surface area (Å²) in [4.78, 5) is 38.6. The van der Waals surface area contributed by atoms with E-state index in [2.05, 4.69) is 27.6 Å². The Hall–Kier alpha value is -3.47. The predicted molar refractivity (Wildman–Crippen MR) is 141 cm³/mol. The third-order valence-electron chi connectivity index (χ3n) is 7.59. The first-order valence-corrected chi connectivity index (χ1v) is 13.1. The van der Waals surface area contributed by atoms with Crippen LogP contribution in [0.15, 0.2) is 24.4 Å². The third-order valence-corrected chi connectivity index (χ3v) is 7.59. The molecule has 3 heterocycles. The number of piperidine rings is 1. The number of carbonyl (C=O) groups excluding carboxylic acids is 2. The molecule has 11 heteroatoms. The highest BCUT2D eigenvalue weighted by Gasteiger charge is 2.39. The first kappa shape index (κ1) is 25.2. The molecule has 1 saturated carbocycles. The van der Waals surface area contributed by atoms with Gasteiger partial charge < -0.3 is 15.5 Å². The number of nitrogens with one attached hydrogen (secondary N) is 2. The molecular weight excluding hydrogens is 475 g/mol. The third kappa shape index (κ3) is 5.04. The van der Waals surface area contributed by atoms with Gasteiger partial charge in [0.1, 0.15) is 11.5 Å². The summed E-state index contributed by atoms with van der Waals surface area (Å²) in [5.74, 6) is -0.0573. The Bertz CT molecular complexity index is 1160. The second kappa shape index (κ2) is 10.5. The summed E-state index contributed by atoms with van der Waals surface area (Å²) in [6, 6.07) is 4.56. The number of nitrogens with zero attached hydrogens (tertiary/aromatic N) is 6. The topological polar surface area (TPSA) is 96.9 Å². The lowest BCUT2D eigenvalue weighted by molar-refractivity contribution is 0.0913. The van der Waals surface area contributed by atoms with Crippen LogP contribution in [0.4, 0.5) is 32.3 Å². The summed E-state index contributed by atoms with van der Waals surface area (Å²) in [5, 5.41) is 9.76. The fourth-order valence-corrected chi connectivity index (χ4v) is 5.44. The Morgan fingerprint density at radius 1 is 1.14 bits per heavy atom. The van der Waals surface area contributed by atoms with Crippen molar-refractivity contribution in [2.45, 2.75) is 57.5 Å². The maximum atomic E-state index is 14.9. The molecule has 0 spiro atoms. The van der Waals surface area contributed by atoms with Gasteiger partial charge in [-0.2, -0.15) is 4.98 Å². The van der Waals surface area contributed by atoms with E-state index in [0.717, 1.165) is 51.6 Å². The molecule has 0 atom stereocenters. The van der Waals surface area contributed by atoms with Gasteiger partial charge in [0.25, 0.3) is 5.91 Å². The molecule has 1 aliphatic carbocycles. The van der Waals surface area contributed by atoms with E-state index < -0.39 is 11.7 Å². The van der Waals surface area contributed by atoms with Crippen LogP contribution in [0.2, 0.25) is 0 Å². The summed E-state index contributed by atoms with van der Waals surface area (Å²) >= 11 is 0. The fraction of sp³-hybridized carbons (Fsp3) is 0.538. The second-order valence-electron chi connectivity index (χ2n) is 10.1. The molecule has 1 saturated heterocycles. The van der Waals surface area contributed by atoms with Crippen molar-refractivity contribution in [2.24, 2.45) is 0 Å². The van der Waals surface area contributed by atoms with Crippen molar-refractivity contribution in [3.8, 4) is 0 Å². The Labute approximate surface area is 216 Å². The van der Waals surface area contributed by atoms with Crippen LogP contribution >= 0.6 is 0 Å². The molecule has 0 radical (unpaired) electrons. The van der Waals surface area contributed by atoms with Crippen LogP contribution < -0.4 is 20.5 Å². The number of carbonyl (C=O) groups is 2. The van der Waals surface area contributed by atoms with Gasteiger partial charge in [0, 0.05) is 25.3 Å². The van der Waals surface area contributed by atoms with Crippen molar-refractivity contribution < 1.29 is 14.0 Å². The number of halogens is 1. The molecule has 2 aromatic rings. The largest absolute Gasteiger partial charge is 0.349 e. The van der Waals surface area contributed by atoms with Gasteiger partial charge in [-0.05, 0) is 70.9 Å². The summed E-state index contributed by atoms with van der Waals surface area (Å²) in [7, 11) is 3.77. The molecule has 10 nitrogen and oxygen atoms in total. The lowest BCUT2D eigenvalue weighted by Gasteiger charge is -2.45. The van der Waals surface area contributed by atoms with Crippen LogP contribution in [0.5, 0.6) is 0 Å². The zero-order valence-electron chi connectivity index (χ0n) is 21.7. The minimum Gasteiger partial charge on any atom is -0.349 e. The summed E-state index contributed by atoms with van der Waals surface area (Å²) in [6.45, 7) is 4.30. The number of hydrogen-bond donors (Lipinski definition) is 2. The van der Waals surface area contributed by atoms with Gasteiger partial charge in [-0.1, -0.05) is 12.8 Å². The number of hydrazine groups is 1. The lowest BCUT2D eigenvalue weighted by Crippen LogP contribution is -2.59. The normalized spacial score (nSPS) is 19.4. The van der Waals surface area contributed by atoms with Gasteiger partial charge in [0.15, 0.2) is 5.82 Å². The highest BCUT2D eigenvalue weighted by molar-refractivity contribution is 5.98. The lowest BCUT2D eigenvalue weighted by atomic mass is 10.0. The molecule has 2 aliphatic heterocycles. The predicted octanol–water partition coefficient (Wildman–Crippen LogP) is 3.74. The zero-order chi connectivity index (χ0) is 26.1. The number of anilines is 4. The van der Waals surface area contributed by atoms with Crippen molar-refractivity contribution in [1.29, 1.82) is 0 Å². The highest BCUT2D eigenvalue weighted by Crippen LogP contribution is 2.38. The molecule has 2 N–H and O–H groups in total. The van der Waals surface area contributed by atoms with Crippen molar-refractivity contribution in [2.75, 3.05) is 49.0 Å². The molecule has 5 rings (SSSR count). The van der Waals surface area contributed by atoms with Crippen molar-refractivity contribution in [3.05, 3.63) is 35.8 Å². The van der Waals surface area contributed by atoms with Crippen LogP contribution in [0.3, 0.4) is 0 Å². The summed E-state index contributed by atoms with van der Waals surface area (Å²) < 4.78 is 14.9. The summed E-state index contributed by atoms with van der Waals surface area (Å²) in [5.41, 5.74) is 1.09. The smallest absolute Gasteiger partial charge is 0.343 e. The van der Waals surface area contributed by atoms with Crippen LogP contribution in [-0.4, -0.2) is 77.6 Å². The number of aromatic nitrogens is 2. The first-order valence-electron chi connectivity index (χ1n) is 13.1. The van der Waals surface area contributed by atoms with Gasteiger partial charge in [0.2, 0.25) is 5.95 Å². The van der Waals surface area contributed by atoms with E-state index in [-0.39, 0.29) is 23.7 Å².